The first-order valence-corrected chi connectivity index (χ1v) is 9.72. The van der Waals surface area contributed by atoms with Gasteiger partial charge in [-0.2, -0.15) is 0 Å². The van der Waals surface area contributed by atoms with E-state index in [1.165, 1.54) is 31.9 Å². The van der Waals surface area contributed by atoms with Crippen molar-refractivity contribution in [2.45, 2.75) is 71.3 Å². The number of ether oxygens (including phenoxy) is 1. The van der Waals surface area contributed by atoms with E-state index in [9.17, 15) is 9.90 Å². The lowest BCUT2D eigenvalue weighted by atomic mass is 9.36. The number of esters is 1. The first-order valence-electron chi connectivity index (χ1n) is 9.72. The quantitative estimate of drug-likeness (QED) is 0.581. The lowest BCUT2D eigenvalue weighted by Crippen LogP contribution is -2.65. The second kappa shape index (κ2) is 5.09. The zero-order valence-corrected chi connectivity index (χ0v) is 15.4. The molecule has 0 radical (unpaired) electrons. The zero-order valence-electron chi connectivity index (χ0n) is 15.4. The third kappa shape index (κ3) is 1.85. The van der Waals surface area contributed by atoms with Crippen molar-refractivity contribution in [2.75, 3.05) is 7.11 Å². The molecule has 3 heteroatoms. The molecule has 1 N–H and O–H groups in total. The standard InChI is InChI=1S/C21H32O3/c1-13-12-21-9-6-14(13)10-16(21)19(2)7-5-8-20(3,18(23)24-4)15(19)11-17(21)22/h14-17,22H,1,5-12H2,2-4H3/t14-,15-,16-,17+,19+,20+,21+/m0/s1. The van der Waals surface area contributed by atoms with Gasteiger partial charge in [-0.25, -0.2) is 0 Å². The molecule has 2 bridgehead atoms. The van der Waals surface area contributed by atoms with Crippen LogP contribution in [0, 0.1) is 34.0 Å². The Hall–Kier alpha value is -0.830. The number of fused-ring (bicyclic) bond motifs is 3. The minimum absolute atomic E-state index is 0.0193. The van der Waals surface area contributed by atoms with E-state index in [-0.39, 0.29) is 28.8 Å². The first kappa shape index (κ1) is 16.6. The second-order valence-electron chi connectivity index (χ2n) is 9.66. The molecule has 0 aromatic heterocycles. The van der Waals surface area contributed by atoms with Crippen molar-refractivity contribution in [3.63, 3.8) is 0 Å². The minimum atomic E-state index is -0.446. The Kier molecular flexibility index (Phi) is 3.53. The summed E-state index contributed by atoms with van der Waals surface area (Å²) in [7, 11) is 1.51. The number of carbonyl (C=O) groups excluding carboxylic acids is 1. The molecule has 24 heavy (non-hydrogen) atoms. The lowest BCUT2D eigenvalue weighted by Gasteiger charge is -2.69. The summed E-state index contributed by atoms with van der Waals surface area (Å²) in [4.78, 5) is 12.6. The fourth-order valence-corrected chi connectivity index (χ4v) is 7.64. The van der Waals surface area contributed by atoms with E-state index >= 15 is 0 Å². The summed E-state index contributed by atoms with van der Waals surface area (Å²) in [6, 6.07) is 0. The molecule has 7 atom stereocenters. The van der Waals surface area contributed by atoms with Gasteiger partial charge in [0.1, 0.15) is 0 Å². The second-order valence-corrected chi connectivity index (χ2v) is 9.66. The summed E-state index contributed by atoms with van der Waals surface area (Å²) >= 11 is 0. The summed E-state index contributed by atoms with van der Waals surface area (Å²) in [5.74, 6) is 1.30. The van der Waals surface area contributed by atoms with Crippen molar-refractivity contribution >= 4 is 5.97 Å². The lowest BCUT2D eigenvalue weighted by molar-refractivity contribution is -0.225. The Morgan fingerprint density at radius 1 is 1.21 bits per heavy atom. The van der Waals surface area contributed by atoms with Crippen LogP contribution in [0.15, 0.2) is 12.2 Å². The maximum absolute atomic E-state index is 12.6. The number of hydrogen-bond donors (Lipinski definition) is 1. The highest BCUT2D eigenvalue weighted by atomic mass is 16.5. The predicted molar refractivity (Wildman–Crippen MR) is 93.2 cm³/mol. The van der Waals surface area contributed by atoms with Crippen molar-refractivity contribution in [3.05, 3.63) is 12.2 Å². The van der Waals surface area contributed by atoms with Gasteiger partial charge in [-0.15, -0.1) is 0 Å². The molecule has 5 saturated carbocycles. The molecule has 0 saturated heterocycles. The molecule has 3 nitrogen and oxygen atoms in total. The summed E-state index contributed by atoms with van der Waals surface area (Å²) in [6.07, 6.45) is 8.11. The van der Waals surface area contributed by atoms with E-state index in [4.69, 9.17) is 4.74 Å². The number of hydrogen-bond acceptors (Lipinski definition) is 3. The van der Waals surface area contributed by atoms with Crippen molar-refractivity contribution in [1.82, 2.24) is 0 Å². The van der Waals surface area contributed by atoms with Gasteiger partial charge in [0.15, 0.2) is 0 Å². The molecule has 5 fully saturated rings. The molecule has 0 heterocycles. The topological polar surface area (TPSA) is 46.5 Å². The van der Waals surface area contributed by atoms with Gasteiger partial charge in [0.25, 0.3) is 0 Å². The van der Waals surface area contributed by atoms with Crippen molar-refractivity contribution < 1.29 is 14.6 Å². The van der Waals surface area contributed by atoms with Crippen LogP contribution < -0.4 is 0 Å². The fraction of sp³-hybridized carbons (Fsp3) is 0.857. The van der Waals surface area contributed by atoms with Crippen LogP contribution in [0.1, 0.15) is 65.2 Å². The maximum Gasteiger partial charge on any atom is 0.311 e. The van der Waals surface area contributed by atoms with Crippen LogP contribution >= 0.6 is 0 Å². The number of aliphatic hydroxyl groups is 1. The normalized spacial score (nSPS) is 53.2. The molecule has 5 aliphatic rings. The van der Waals surface area contributed by atoms with E-state index in [0.29, 0.717) is 11.8 Å². The van der Waals surface area contributed by atoms with Crippen LogP contribution in [-0.4, -0.2) is 24.3 Å². The van der Waals surface area contributed by atoms with Gasteiger partial charge in [0, 0.05) is 5.41 Å². The van der Waals surface area contributed by atoms with Crippen molar-refractivity contribution in [1.29, 1.82) is 0 Å². The van der Waals surface area contributed by atoms with E-state index in [2.05, 4.69) is 20.4 Å². The SMILES string of the molecule is C=C1C[C@]23CC[C@H]1C[C@H]2[C@]1(C)CCC[C@@](C)(C(=O)OC)[C@H]1C[C@H]3O. The largest absolute Gasteiger partial charge is 0.469 e. The number of methoxy groups -OCH3 is 1. The molecular weight excluding hydrogens is 300 g/mol. The Morgan fingerprint density at radius 3 is 2.62 bits per heavy atom. The van der Waals surface area contributed by atoms with Gasteiger partial charge in [0.2, 0.25) is 0 Å². The number of allylic oxidation sites excluding steroid dienone is 1. The van der Waals surface area contributed by atoms with Crippen molar-refractivity contribution in [3.8, 4) is 0 Å². The molecule has 1 spiro atoms. The van der Waals surface area contributed by atoms with Crippen LogP contribution in [0.2, 0.25) is 0 Å². The highest BCUT2D eigenvalue weighted by molar-refractivity contribution is 5.77. The Labute approximate surface area is 145 Å². The van der Waals surface area contributed by atoms with Gasteiger partial charge in [-0.3, -0.25) is 4.79 Å². The van der Waals surface area contributed by atoms with Gasteiger partial charge in [0.05, 0.1) is 18.6 Å². The monoisotopic (exact) mass is 332 g/mol. The van der Waals surface area contributed by atoms with Gasteiger partial charge in [-0.1, -0.05) is 25.5 Å². The predicted octanol–water partition coefficient (Wildman–Crippen LogP) is 4.10. The molecule has 0 aliphatic heterocycles. The summed E-state index contributed by atoms with van der Waals surface area (Å²) in [5.41, 5.74) is 1.08. The van der Waals surface area contributed by atoms with Crippen LogP contribution in [0.5, 0.6) is 0 Å². The third-order valence-electron chi connectivity index (χ3n) is 8.85. The van der Waals surface area contributed by atoms with E-state index in [0.717, 1.165) is 32.1 Å². The van der Waals surface area contributed by atoms with Crippen LogP contribution in [-0.2, 0) is 9.53 Å². The summed E-state index contributed by atoms with van der Waals surface area (Å²) < 4.78 is 5.20. The van der Waals surface area contributed by atoms with Crippen molar-refractivity contribution in [2.24, 2.45) is 34.0 Å². The Balaban J connectivity index is 1.78. The van der Waals surface area contributed by atoms with Crippen LogP contribution in [0.4, 0.5) is 0 Å². The van der Waals surface area contributed by atoms with E-state index in [1.807, 2.05) is 0 Å². The molecule has 0 aromatic rings. The molecule has 5 rings (SSSR count). The third-order valence-corrected chi connectivity index (χ3v) is 8.85. The minimum Gasteiger partial charge on any atom is -0.469 e. The van der Waals surface area contributed by atoms with E-state index in [1.54, 1.807) is 0 Å². The molecule has 0 unspecified atom stereocenters. The van der Waals surface area contributed by atoms with Crippen LogP contribution in [0.25, 0.3) is 0 Å². The summed E-state index contributed by atoms with van der Waals surface area (Å²) in [6.45, 7) is 8.83. The number of rotatable bonds is 1. The highest BCUT2D eigenvalue weighted by Crippen LogP contribution is 2.72. The molecule has 0 aromatic carbocycles. The molecule has 0 amide bonds. The number of carbonyl (C=O) groups is 1. The summed E-state index contributed by atoms with van der Waals surface area (Å²) in [5, 5.41) is 11.2. The van der Waals surface area contributed by atoms with E-state index < -0.39 is 5.41 Å². The van der Waals surface area contributed by atoms with Crippen LogP contribution in [0.3, 0.4) is 0 Å². The average Bonchev–Trinajstić information content (AvgIpc) is 2.57. The first-order chi connectivity index (χ1) is 11.3. The van der Waals surface area contributed by atoms with Gasteiger partial charge < -0.3 is 9.84 Å². The molecular formula is C21H32O3. The molecule has 5 aliphatic carbocycles. The van der Waals surface area contributed by atoms with Gasteiger partial charge in [-0.05, 0) is 75.0 Å². The fourth-order valence-electron chi connectivity index (χ4n) is 7.64. The Bertz CT molecular complexity index is 584. The van der Waals surface area contributed by atoms with Gasteiger partial charge >= 0.3 is 5.97 Å². The maximum atomic E-state index is 12.6. The Morgan fingerprint density at radius 2 is 1.96 bits per heavy atom. The smallest absolute Gasteiger partial charge is 0.311 e. The number of aliphatic hydroxyl groups excluding tert-OH is 1. The zero-order chi connectivity index (χ0) is 17.3. The molecule has 134 valence electrons. The average molecular weight is 332 g/mol. The highest BCUT2D eigenvalue weighted by Gasteiger charge is 2.67.